The highest BCUT2D eigenvalue weighted by Crippen LogP contribution is 2.03. The third kappa shape index (κ3) is 2.56. The van der Waals surface area contributed by atoms with Crippen molar-refractivity contribution in [2.75, 3.05) is 0 Å². The molecule has 0 rings (SSSR count). The molecule has 8 heavy (non-hydrogen) atoms. The normalized spacial score (nSPS) is 8.38. The van der Waals surface area contributed by atoms with Gasteiger partial charge < -0.3 is 4.79 Å². The molecule has 0 aliphatic rings. The van der Waals surface area contributed by atoms with E-state index in [0.717, 1.165) is 6.29 Å². The molecular formula is C7H12O. The fraction of sp³-hybridized carbons (Fsp3) is 0.571. The first-order valence-corrected chi connectivity index (χ1v) is 2.75. The number of aldehydes is 1. The second kappa shape index (κ2) is 3.42. The average Bonchev–Trinajstić information content (AvgIpc) is 1.67. The first-order chi connectivity index (χ1) is 3.68. The van der Waals surface area contributed by atoms with E-state index in [1.54, 1.807) is 0 Å². The predicted octanol–water partition coefficient (Wildman–Crippen LogP) is 1.93. The maximum absolute atomic E-state index is 9.89. The smallest absolute Gasteiger partial charge is 0.124 e. The van der Waals surface area contributed by atoms with Crippen molar-refractivity contribution in [2.24, 2.45) is 0 Å². The Hall–Kier alpha value is -0.590. The van der Waals surface area contributed by atoms with Crippen LogP contribution in [0.15, 0.2) is 11.1 Å². The number of rotatable bonds is 2. The lowest BCUT2D eigenvalue weighted by atomic mass is 10.1. The minimum atomic E-state index is 0.586. The Morgan fingerprint density at radius 3 is 2.00 bits per heavy atom. The first kappa shape index (κ1) is 7.41. The Balaban J connectivity index is 3.79. The van der Waals surface area contributed by atoms with Gasteiger partial charge in [-0.25, -0.2) is 0 Å². The third-order valence-electron chi connectivity index (χ3n) is 1.24. The molecular weight excluding hydrogens is 100 g/mol. The summed E-state index contributed by atoms with van der Waals surface area (Å²) in [6.45, 7) is 6.00. The maximum Gasteiger partial charge on any atom is 0.124 e. The quantitative estimate of drug-likeness (QED) is 0.394. The van der Waals surface area contributed by atoms with Gasteiger partial charge in [-0.15, -0.1) is 0 Å². The van der Waals surface area contributed by atoms with E-state index in [1.807, 2.05) is 20.8 Å². The van der Waals surface area contributed by atoms with Crippen LogP contribution in [0, 0.1) is 0 Å². The fourth-order valence-electron chi connectivity index (χ4n) is 0.329. The van der Waals surface area contributed by atoms with Crippen LogP contribution < -0.4 is 0 Å². The summed E-state index contributed by atoms with van der Waals surface area (Å²) in [6, 6.07) is 0. The van der Waals surface area contributed by atoms with Gasteiger partial charge in [-0.3, -0.25) is 0 Å². The molecule has 0 aliphatic heterocycles. The van der Waals surface area contributed by atoms with Crippen molar-refractivity contribution < 1.29 is 4.79 Å². The molecule has 46 valence electrons. The third-order valence-corrected chi connectivity index (χ3v) is 1.24. The first-order valence-electron chi connectivity index (χ1n) is 2.75. The van der Waals surface area contributed by atoms with E-state index in [1.165, 1.54) is 11.1 Å². The Morgan fingerprint density at radius 2 is 1.88 bits per heavy atom. The zero-order valence-electron chi connectivity index (χ0n) is 5.69. The molecule has 0 atom stereocenters. The van der Waals surface area contributed by atoms with E-state index < -0.39 is 0 Å². The number of allylic oxidation sites excluding steroid dienone is 2. The van der Waals surface area contributed by atoms with Crippen LogP contribution in [0.4, 0.5) is 0 Å². The van der Waals surface area contributed by atoms with Crippen LogP contribution >= 0.6 is 0 Å². The zero-order valence-corrected chi connectivity index (χ0v) is 5.69. The van der Waals surface area contributed by atoms with Gasteiger partial charge in [0.25, 0.3) is 0 Å². The molecule has 0 radical (unpaired) electrons. The van der Waals surface area contributed by atoms with Gasteiger partial charge in [-0.1, -0.05) is 11.1 Å². The Bertz CT molecular complexity index is 108. The lowest BCUT2D eigenvalue weighted by Gasteiger charge is -1.94. The Morgan fingerprint density at radius 1 is 1.38 bits per heavy atom. The van der Waals surface area contributed by atoms with E-state index in [9.17, 15) is 4.79 Å². The van der Waals surface area contributed by atoms with Crippen molar-refractivity contribution in [3.63, 3.8) is 0 Å². The van der Waals surface area contributed by atoms with E-state index in [0.29, 0.717) is 6.42 Å². The van der Waals surface area contributed by atoms with E-state index >= 15 is 0 Å². The van der Waals surface area contributed by atoms with Crippen molar-refractivity contribution >= 4 is 6.29 Å². The highest BCUT2D eigenvalue weighted by molar-refractivity contribution is 5.54. The van der Waals surface area contributed by atoms with Gasteiger partial charge in [0.05, 0.1) is 0 Å². The minimum absolute atomic E-state index is 0.586. The van der Waals surface area contributed by atoms with Gasteiger partial charge in [0.1, 0.15) is 6.29 Å². The lowest BCUT2D eigenvalue weighted by molar-refractivity contribution is -0.107. The maximum atomic E-state index is 9.89. The summed E-state index contributed by atoms with van der Waals surface area (Å²) in [4.78, 5) is 9.89. The summed E-state index contributed by atoms with van der Waals surface area (Å²) >= 11 is 0. The molecule has 0 saturated heterocycles. The highest BCUT2D eigenvalue weighted by atomic mass is 16.1. The van der Waals surface area contributed by atoms with Gasteiger partial charge in [0.15, 0.2) is 0 Å². The van der Waals surface area contributed by atoms with Gasteiger partial charge in [-0.2, -0.15) is 0 Å². The van der Waals surface area contributed by atoms with Crippen molar-refractivity contribution in [3.05, 3.63) is 11.1 Å². The summed E-state index contributed by atoms with van der Waals surface area (Å²) < 4.78 is 0. The van der Waals surface area contributed by atoms with Crippen molar-refractivity contribution in [1.82, 2.24) is 0 Å². The second-order valence-electron chi connectivity index (χ2n) is 2.15. The molecule has 0 unspecified atom stereocenters. The van der Waals surface area contributed by atoms with Crippen LogP contribution in [-0.2, 0) is 4.79 Å². The molecule has 0 aromatic heterocycles. The molecule has 0 aliphatic carbocycles. The number of hydrogen-bond acceptors (Lipinski definition) is 1. The minimum Gasteiger partial charge on any atom is -0.303 e. The largest absolute Gasteiger partial charge is 0.303 e. The molecule has 0 saturated carbocycles. The van der Waals surface area contributed by atoms with E-state index in [-0.39, 0.29) is 0 Å². The van der Waals surface area contributed by atoms with Crippen LogP contribution in [0.1, 0.15) is 27.2 Å². The van der Waals surface area contributed by atoms with Crippen LogP contribution in [0.25, 0.3) is 0 Å². The molecule has 1 nitrogen and oxygen atoms in total. The fourth-order valence-corrected chi connectivity index (χ4v) is 0.329. The van der Waals surface area contributed by atoms with Crippen LogP contribution in [0.2, 0.25) is 0 Å². The molecule has 0 amide bonds. The summed E-state index contributed by atoms with van der Waals surface area (Å²) in [5.74, 6) is 0. The lowest BCUT2D eigenvalue weighted by Crippen LogP contribution is -1.80. The second-order valence-corrected chi connectivity index (χ2v) is 2.15. The summed E-state index contributed by atoms with van der Waals surface area (Å²) in [5.41, 5.74) is 2.43. The van der Waals surface area contributed by atoms with Crippen molar-refractivity contribution in [3.8, 4) is 0 Å². The topological polar surface area (TPSA) is 17.1 Å². The summed E-state index contributed by atoms with van der Waals surface area (Å²) in [5, 5.41) is 0. The molecule has 0 bridgehead atoms. The van der Waals surface area contributed by atoms with Gasteiger partial charge in [0.2, 0.25) is 0 Å². The van der Waals surface area contributed by atoms with Crippen LogP contribution in [0.5, 0.6) is 0 Å². The number of carbonyl (C=O) groups excluding carboxylic acids is 1. The van der Waals surface area contributed by atoms with Crippen LogP contribution in [-0.4, -0.2) is 6.29 Å². The van der Waals surface area contributed by atoms with Crippen LogP contribution in [0.3, 0.4) is 0 Å². The standard InChI is InChI=1S/C7H12O/c1-6(2)7(3)4-5-8/h5H,4H2,1-3H3. The predicted molar refractivity (Wildman–Crippen MR) is 34.7 cm³/mol. The molecule has 0 heterocycles. The molecule has 0 N–H and O–H groups in total. The SMILES string of the molecule is CC(C)=C(C)CC=O. The van der Waals surface area contributed by atoms with E-state index in [4.69, 9.17) is 0 Å². The summed E-state index contributed by atoms with van der Waals surface area (Å²) in [6.07, 6.45) is 1.52. The van der Waals surface area contributed by atoms with Crippen molar-refractivity contribution in [1.29, 1.82) is 0 Å². The molecule has 0 spiro atoms. The van der Waals surface area contributed by atoms with Gasteiger partial charge >= 0.3 is 0 Å². The Labute approximate surface area is 50.4 Å². The summed E-state index contributed by atoms with van der Waals surface area (Å²) in [7, 11) is 0. The number of carbonyl (C=O) groups is 1. The molecule has 1 heteroatoms. The average molecular weight is 112 g/mol. The molecule has 0 aromatic carbocycles. The van der Waals surface area contributed by atoms with Gasteiger partial charge in [-0.05, 0) is 20.8 Å². The Kier molecular flexibility index (Phi) is 3.16. The molecule has 0 fully saturated rings. The highest BCUT2D eigenvalue weighted by Gasteiger charge is 1.87. The van der Waals surface area contributed by atoms with Gasteiger partial charge in [0, 0.05) is 6.42 Å². The van der Waals surface area contributed by atoms with Crippen molar-refractivity contribution in [2.45, 2.75) is 27.2 Å². The van der Waals surface area contributed by atoms with E-state index in [2.05, 4.69) is 0 Å². The monoisotopic (exact) mass is 112 g/mol. The number of hydrogen-bond donors (Lipinski definition) is 0. The zero-order chi connectivity index (χ0) is 6.57. The molecule has 0 aromatic rings.